The van der Waals surface area contributed by atoms with Crippen molar-refractivity contribution in [2.75, 3.05) is 44.2 Å². The number of nitrogens with zero attached hydrogens (tertiary/aromatic N) is 3. The second kappa shape index (κ2) is 23.2. The molecule has 0 spiro atoms. The summed E-state index contributed by atoms with van der Waals surface area (Å²) in [5.41, 5.74) is 2.59. The Hall–Kier alpha value is -2.01. The maximum Gasteiger partial charge on any atom is 0.119 e. The van der Waals surface area contributed by atoms with E-state index in [0.717, 1.165) is 44.3 Å². The monoisotopic (exact) mass is 462 g/mol. The number of ether oxygens (including phenoxy) is 1. The standard InChI is InChI=1S/C18H26N4O.C4H10.3C2H6/c1-2-23-18-6-4-17(5-7-18)22-10-3-9-21(12-13-22)11-8-16-14-19-20-15-16;1-4(2)3;3*1-2/h4-7,14-15H,2-3,8-13H2,1H3,(H,19,20);4H,1-3H3;3*1-2H3. The van der Waals surface area contributed by atoms with Crippen LogP contribution >= 0.6 is 0 Å². The average molecular weight is 463 g/mol. The van der Waals surface area contributed by atoms with Gasteiger partial charge in [-0.2, -0.15) is 5.10 Å². The lowest BCUT2D eigenvalue weighted by molar-refractivity contribution is 0.297. The fourth-order valence-corrected chi connectivity index (χ4v) is 3.07. The molecule has 192 valence electrons. The highest BCUT2D eigenvalue weighted by Crippen LogP contribution is 2.21. The van der Waals surface area contributed by atoms with Crippen LogP contribution in [-0.4, -0.2) is 54.4 Å². The predicted octanol–water partition coefficient (Wildman–Crippen LogP) is 7.30. The highest BCUT2D eigenvalue weighted by Gasteiger charge is 2.15. The first-order valence-electron chi connectivity index (χ1n) is 13.3. The highest BCUT2D eigenvalue weighted by molar-refractivity contribution is 5.49. The average Bonchev–Trinajstić information content (AvgIpc) is 3.26. The molecule has 1 N–H and O–H groups in total. The number of hydrogen-bond donors (Lipinski definition) is 1. The maximum absolute atomic E-state index is 5.52. The highest BCUT2D eigenvalue weighted by atomic mass is 16.5. The molecule has 0 unspecified atom stereocenters. The van der Waals surface area contributed by atoms with Gasteiger partial charge in [0.1, 0.15) is 5.75 Å². The normalized spacial score (nSPS) is 13.0. The molecule has 0 amide bonds. The Labute approximate surface area is 205 Å². The number of hydrogen-bond acceptors (Lipinski definition) is 4. The van der Waals surface area contributed by atoms with Crippen LogP contribution in [0.5, 0.6) is 5.75 Å². The van der Waals surface area contributed by atoms with Crippen molar-refractivity contribution in [2.45, 2.75) is 82.1 Å². The van der Waals surface area contributed by atoms with Crippen molar-refractivity contribution in [1.82, 2.24) is 15.1 Å². The molecule has 1 aliphatic rings. The van der Waals surface area contributed by atoms with Crippen LogP contribution < -0.4 is 9.64 Å². The van der Waals surface area contributed by atoms with Crippen molar-refractivity contribution in [3.63, 3.8) is 0 Å². The molecule has 2 aromatic rings. The Balaban J connectivity index is 0. The van der Waals surface area contributed by atoms with E-state index in [9.17, 15) is 0 Å². The fraction of sp³-hybridized carbons (Fsp3) is 0.679. The van der Waals surface area contributed by atoms with Crippen molar-refractivity contribution in [3.8, 4) is 5.75 Å². The van der Waals surface area contributed by atoms with E-state index in [2.05, 4.69) is 65.0 Å². The Kier molecular flexibility index (Phi) is 23.3. The van der Waals surface area contributed by atoms with Gasteiger partial charge in [0.25, 0.3) is 0 Å². The van der Waals surface area contributed by atoms with Crippen molar-refractivity contribution in [2.24, 2.45) is 5.92 Å². The zero-order valence-corrected chi connectivity index (χ0v) is 23.4. The van der Waals surface area contributed by atoms with E-state index in [4.69, 9.17) is 4.74 Å². The van der Waals surface area contributed by atoms with Gasteiger partial charge in [0.05, 0.1) is 12.8 Å². The van der Waals surface area contributed by atoms with Gasteiger partial charge in [-0.15, -0.1) is 0 Å². The summed E-state index contributed by atoms with van der Waals surface area (Å²) in [6, 6.07) is 8.49. The van der Waals surface area contributed by atoms with Crippen LogP contribution in [0.3, 0.4) is 0 Å². The minimum absolute atomic E-state index is 0.717. The molecule has 33 heavy (non-hydrogen) atoms. The summed E-state index contributed by atoms with van der Waals surface area (Å²) >= 11 is 0. The van der Waals surface area contributed by atoms with Crippen molar-refractivity contribution in [1.29, 1.82) is 0 Å². The van der Waals surface area contributed by atoms with E-state index in [1.807, 2.05) is 60.9 Å². The second-order valence-electron chi connectivity index (χ2n) is 7.70. The number of aromatic amines is 1. The molecule has 0 atom stereocenters. The van der Waals surface area contributed by atoms with Gasteiger partial charge >= 0.3 is 0 Å². The molecule has 5 heteroatoms. The third-order valence-corrected chi connectivity index (χ3v) is 4.37. The van der Waals surface area contributed by atoms with Crippen molar-refractivity contribution in [3.05, 3.63) is 42.2 Å². The van der Waals surface area contributed by atoms with Crippen LogP contribution in [0.15, 0.2) is 36.7 Å². The topological polar surface area (TPSA) is 44.4 Å². The molecule has 0 radical (unpaired) electrons. The first-order chi connectivity index (χ1) is 16.1. The lowest BCUT2D eigenvalue weighted by Gasteiger charge is -2.23. The van der Waals surface area contributed by atoms with Crippen molar-refractivity contribution < 1.29 is 4.74 Å². The number of nitrogens with one attached hydrogen (secondary N) is 1. The summed E-state index contributed by atoms with van der Waals surface area (Å²) in [5, 5.41) is 6.90. The molecule has 0 aliphatic carbocycles. The van der Waals surface area contributed by atoms with Crippen LogP contribution in [-0.2, 0) is 6.42 Å². The molecule has 0 bridgehead atoms. The van der Waals surface area contributed by atoms with Gasteiger partial charge in [0, 0.05) is 38.1 Å². The van der Waals surface area contributed by atoms with Crippen LogP contribution in [0.2, 0.25) is 0 Å². The molecule has 5 nitrogen and oxygen atoms in total. The summed E-state index contributed by atoms with van der Waals surface area (Å²) < 4.78 is 5.52. The van der Waals surface area contributed by atoms with Gasteiger partial charge in [0.2, 0.25) is 0 Å². The quantitative estimate of drug-likeness (QED) is 0.489. The third-order valence-electron chi connectivity index (χ3n) is 4.37. The first kappa shape index (κ1) is 33.2. The third kappa shape index (κ3) is 16.3. The molecule has 0 saturated carbocycles. The van der Waals surface area contributed by atoms with Gasteiger partial charge in [-0.1, -0.05) is 62.3 Å². The smallest absolute Gasteiger partial charge is 0.119 e. The number of rotatable bonds is 6. The zero-order valence-electron chi connectivity index (χ0n) is 23.4. The Morgan fingerprint density at radius 1 is 0.909 bits per heavy atom. The number of H-pyrrole nitrogens is 1. The van der Waals surface area contributed by atoms with E-state index < -0.39 is 0 Å². The number of anilines is 1. The maximum atomic E-state index is 5.52. The predicted molar refractivity (Wildman–Crippen MR) is 148 cm³/mol. The summed E-state index contributed by atoms with van der Waals surface area (Å²) in [4.78, 5) is 5.04. The van der Waals surface area contributed by atoms with Gasteiger partial charge in [-0.3, -0.25) is 5.10 Å². The fourth-order valence-electron chi connectivity index (χ4n) is 3.07. The SMILES string of the molecule is CC.CC.CC.CC(C)C.CCOc1ccc(N2CCCN(CCc3cn[nH]c3)CC2)cc1. The van der Waals surface area contributed by atoms with Crippen LogP contribution in [0.4, 0.5) is 5.69 Å². The Morgan fingerprint density at radius 2 is 1.52 bits per heavy atom. The van der Waals surface area contributed by atoms with E-state index in [-0.39, 0.29) is 0 Å². The van der Waals surface area contributed by atoms with E-state index in [1.54, 1.807) is 0 Å². The number of benzene rings is 1. The molecule has 1 aromatic carbocycles. The summed E-state index contributed by atoms with van der Waals surface area (Å²) in [6.45, 7) is 26.8. The zero-order chi connectivity index (χ0) is 25.5. The lowest BCUT2D eigenvalue weighted by Crippen LogP contribution is -2.32. The molecule has 1 aliphatic heterocycles. The largest absolute Gasteiger partial charge is 0.494 e. The van der Waals surface area contributed by atoms with Crippen LogP contribution in [0.25, 0.3) is 0 Å². The molecule has 2 heterocycles. The Bertz CT molecular complexity index is 609. The van der Waals surface area contributed by atoms with Gasteiger partial charge in [-0.25, -0.2) is 0 Å². The molecular formula is C28H54N4O. The van der Waals surface area contributed by atoms with Gasteiger partial charge in [0.15, 0.2) is 0 Å². The summed E-state index contributed by atoms with van der Waals surface area (Å²) in [7, 11) is 0. The molecule has 3 rings (SSSR count). The number of aromatic nitrogens is 2. The first-order valence-corrected chi connectivity index (χ1v) is 13.3. The van der Waals surface area contributed by atoms with Crippen LogP contribution in [0.1, 0.15) is 81.2 Å². The minimum atomic E-state index is 0.717. The lowest BCUT2D eigenvalue weighted by atomic mass is 10.2. The van der Waals surface area contributed by atoms with Gasteiger partial charge in [-0.05, 0) is 62.1 Å². The summed E-state index contributed by atoms with van der Waals surface area (Å²) in [6.07, 6.45) is 6.19. The second-order valence-corrected chi connectivity index (χ2v) is 7.70. The molecule has 1 saturated heterocycles. The Morgan fingerprint density at radius 3 is 2.03 bits per heavy atom. The van der Waals surface area contributed by atoms with E-state index >= 15 is 0 Å². The summed E-state index contributed by atoms with van der Waals surface area (Å²) in [5.74, 6) is 1.79. The molecular weight excluding hydrogens is 408 g/mol. The van der Waals surface area contributed by atoms with E-state index in [0.29, 0.717) is 6.61 Å². The van der Waals surface area contributed by atoms with Gasteiger partial charge < -0.3 is 14.5 Å². The van der Waals surface area contributed by atoms with Crippen molar-refractivity contribution >= 4 is 5.69 Å². The minimum Gasteiger partial charge on any atom is -0.494 e. The molecule has 1 aromatic heterocycles. The van der Waals surface area contributed by atoms with Crippen LogP contribution in [0, 0.1) is 5.92 Å². The molecule has 1 fully saturated rings. The van der Waals surface area contributed by atoms with E-state index in [1.165, 1.54) is 24.2 Å².